The number of imidazole rings is 1. The van der Waals surface area contributed by atoms with Crippen LogP contribution in [-0.4, -0.2) is 16.7 Å². The van der Waals surface area contributed by atoms with Gasteiger partial charge in [0.2, 0.25) is 0 Å². The minimum Gasteiger partial charge on any atom is -0.494 e. The van der Waals surface area contributed by atoms with E-state index in [0.29, 0.717) is 31.5 Å². The first-order chi connectivity index (χ1) is 9.99. The molecule has 0 aliphatic heterocycles. The number of aromatic nitrogens is 2. The summed E-state index contributed by atoms with van der Waals surface area (Å²) in [6, 6.07) is 8.00. The molecular formula is C14H9Cl2FN2OS. The fourth-order valence-corrected chi connectivity index (χ4v) is 3.02. The van der Waals surface area contributed by atoms with E-state index < -0.39 is 5.82 Å². The van der Waals surface area contributed by atoms with Crippen LogP contribution in [0.4, 0.5) is 4.39 Å². The van der Waals surface area contributed by atoms with E-state index >= 15 is 0 Å². The van der Waals surface area contributed by atoms with Crippen LogP contribution in [-0.2, 0) is 0 Å². The molecule has 21 heavy (non-hydrogen) atoms. The molecule has 0 bridgehead atoms. The first kappa shape index (κ1) is 14.4. The number of nitrogens with one attached hydrogen (secondary N) is 1. The van der Waals surface area contributed by atoms with Crippen LogP contribution in [0.1, 0.15) is 0 Å². The zero-order valence-electron chi connectivity index (χ0n) is 10.8. The van der Waals surface area contributed by atoms with Gasteiger partial charge in [-0.1, -0.05) is 23.2 Å². The van der Waals surface area contributed by atoms with Gasteiger partial charge in [-0.05, 0) is 30.4 Å². The molecule has 3 aromatic rings. The molecule has 7 heteroatoms. The monoisotopic (exact) mass is 342 g/mol. The molecule has 0 saturated carbocycles. The second-order valence-corrected chi connectivity index (χ2v) is 5.66. The van der Waals surface area contributed by atoms with Crippen LogP contribution >= 0.6 is 35.4 Å². The molecule has 0 aliphatic rings. The van der Waals surface area contributed by atoms with Crippen LogP contribution < -0.4 is 4.74 Å². The van der Waals surface area contributed by atoms with Crippen LogP contribution in [0.2, 0.25) is 10.0 Å². The van der Waals surface area contributed by atoms with E-state index in [4.69, 9.17) is 40.2 Å². The van der Waals surface area contributed by atoms with Gasteiger partial charge in [0.25, 0.3) is 0 Å². The minimum absolute atomic E-state index is 0.137. The number of methoxy groups -OCH3 is 1. The van der Waals surface area contributed by atoms with E-state index in [1.165, 1.54) is 13.2 Å². The minimum atomic E-state index is -0.461. The molecule has 2 aromatic carbocycles. The summed E-state index contributed by atoms with van der Waals surface area (Å²) >= 11 is 17.4. The van der Waals surface area contributed by atoms with Crippen LogP contribution in [0.3, 0.4) is 0 Å². The Morgan fingerprint density at radius 3 is 2.43 bits per heavy atom. The van der Waals surface area contributed by atoms with Gasteiger partial charge in [0.15, 0.2) is 16.3 Å². The molecule has 108 valence electrons. The van der Waals surface area contributed by atoms with E-state index in [9.17, 15) is 4.39 Å². The second kappa shape index (κ2) is 5.33. The summed E-state index contributed by atoms with van der Waals surface area (Å²) < 4.78 is 20.9. The lowest BCUT2D eigenvalue weighted by molar-refractivity contribution is 0.387. The standard InChI is InChI=1S/C14H9Cl2FN2OS/c1-20-13-6-12-11(5-10(13)17)18-14(21)19(12)9-3-7(15)2-8(16)4-9/h2-6H,1H3,(H,18,21). The Morgan fingerprint density at radius 2 is 1.81 bits per heavy atom. The maximum absolute atomic E-state index is 13.8. The number of H-pyrrole nitrogens is 1. The Labute approximate surface area is 134 Å². The van der Waals surface area contributed by atoms with Crippen molar-refractivity contribution in [1.29, 1.82) is 0 Å². The third-order valence-electron chi connectivity index (χ3n) is 3.06. The highest BCUT2D eigenvalue weighted by Gasteiger charge is 2.12. The average molecular weight is 343 g/mol. The van der Waals surface area contributed by atoms with Gasteiger partial charge in [-0.15, -0.1) is 0 Å². The molecule has 0 amide bonds. The topological polar surface area (TPSA) is 29.9 Å². The maximum atomic E-state index is 13.8. The van der Waals surface area contributed by atoms with Crippen LogP contribution in [0.15, 0.2) is 30.3 Å². The van der Waals surface area contributed by atoms with Crippen molar-refractivity contribution in [3.05, 3.63) is 51.0 Å². The normalized spacial score (nSPS) is 11.0. The summed E-state index contributed by atoms with van der Waals surface area (Å²) in [7, 11) is 1.41. The Bertz CT molecular complexity index is 884. The van der Waals surface area contributed by atoms with Crippen LogP contribution in [0, 0.1) is 10.6 Å². The van der Waals surface area contributed by atoms with Gasteiger partial charge in [-0.2, -0.15) is 0 Å². The highest BCUT2D eigenvalue weighted by Crippen LogP contribution is 2.29. The van der Waals surface area contributed by atoms with E-state index in [2.05, 4.69) is 4.98 Å². The van der Waals surface area contributed by atoms with Crippen molar-refractivity contribution in [1.82, 2.24) is 9.55 Å². The summed E-state index contributed by atoms with van der Waals surface area (Å²) in [5.41, 5.74) is 1.93. The Hall–Kier alpha value is -1.56. The largest absolute Gasteiger partial charge is 0.494 e. The molecule has 1 N–H and O–H groups in total. The number of rotatable bonds is 2. The predicted molar refractivity (Wildman–Crippen MR) is 85.0 cm³/mol. The zero-order valence-corrected chi connectivity index (χ0v) is 13.1. The maximum Gasteiger partial charge on any atom is 0.182 e. The van der Waals surface area contributed by atoms with E-state index in [1.807, 2.05) is 0 Å². The lowest BCUT2D eigenvalue weighted by atomic mass is 10.2. The fraction of sp³-hybridized carbons (Fsp3) is 0.0714. The lowest BCUT2D eigenvalue weighted by Crippen LogP contribution is -1.95. The SMILES string of the molecule is COc1cc2c(cc1F)[nH]c(=S)n2-c1cc(Cl)cc(Cl)c1. The quantitative estimate of drug-likeness (QED) is 0.653. The number of hydrogen-bond acceptors (Lipinski definition) is 2. The molecule has 0 unspecified atom stereocenters. The van der Waals surface area contributed by atoms with Crippen molar-refractivity contribution < 1.29 is 9.13 Å². The van der Waals surface area contributed by atoms with Crippen molar-refractivity contribution in [2.45, 2.75) is 0 Å². The molecule has 0 fully saturated rings. The van der Waals surface area contributed by atoms with Crippen molar-refractivity contribution in [3.63, 3.8) is 0 Å². The highest BCUT2D eigenvalue weighted by molar-refractivity contribution is 7.71. The van der Waals surface area contributed by atoms with E-state index in [0.717, 1.165) is 0 Å². The third-order valence-corrected chi connectivity index (χ3v) is 3.78. The lowest BCUT2D eigenvalue weighted by Gasteiger charge is -2.07. The number of hydrogen-bond donors (Lipinski definition) is 1. The van der Waals surface area contributed by atoms with Gasteiger partial charge in [0.05, 0.1) is 23.8 Å². The van der Waals surface area contributed by atoms with Crippen molar-refractivity contribution in [2.75, 3.05) is 7.11 Å². The number of aromatic amines is 1. The number of ether oxygens (including phenoxy) is 1. The fourth-order valence-electron chi connectivity index (χ4n) is 2.19. The van der Waals surface area contributed by atoms with Gasteiger partial charge in [-0.25, -0.2) is 4.39 Å². The third kappa shape index (κ3) is 2.52. The molecule has 1 aromatic heterocycles. The molecule has 0 saturated heterocycles. The number of benzene rings is 2. The summed E-state index contributed by atoms with van der Waals surface area (Å²) in [5, 5.41) is 0.977. The summed E-state index contributed by atoms with van der Waals surface area (Å²) in [4.78, 5) is 2.95. The highest BCUT2D eigenvalue weighted by atomic mass is 35.5. The summed E-state index contributed by atoms with van der Waals surface area (Å²) in [5.74, 6) is -0.323. The number of halogens is 3. The Kier molecular flexibility index (Phi) is 3.65. The number of nitrogens with zero attached hydrogens (tertiary/aromatic N) is 1. The molecule has 0 radical (unpaired) electrons. The van der Waals surface area contributed by atoms with Crippen LogP contribution in [0.25, 0.3) is 16.7 Å². The van der Waals surface area contributed by atoms with Gasteiger partial charge < -0.3 is 9.72 Å². The van der Waals surface area contributed by atoms with Gasteiger partial charge in [0.1, 0.15) is 0 Å². The molecule has 0 spiro atoms. The van der Waals surface area contributed by atoms with Gasteiger partial charge in [-0.3, -0.25) is 4.57 Å². The Balaban J connectivity index is 2.36. The van der Waals surface area contributed by atoms with E-state index in [-0.39, 0.29) is 5.75 Å². The molecule has 0 atom stereocenters. The van der Waals surface area contributed by atoms with Gasteiger partial charge in [0, 0.05) is 22.2 Å². The average Bonchev–Trinajstić information content (AvgIpc) is 2.71. The number of fused-ring (bicyclic) bond motifs is 1. The smallest absolute Gasteiger partial charge is 0.182 e. The Morgan fingerprint density at radius 1 is 1.14 bits per heavy atom. The van der Waals surface area contributed by atoms with E-state index in [1.54, 1.807) is 28.8 Å². The van der Waals surface area contributed by atoms with Gasteiger partial charge >= 0.3 is 0 Å². The predicted octanol–water partition coefficient (Wildman–Crippen LogP) is 5.14. The molecule has 3 nitrogen and oxygen atoms in total. The first-order valence-electron chi connectivity index (χ1n) is 5.94. The molecule has 0 aliphatic carbocycles. The van der Waals surface area contributed by atoms with Crippen molar-refractivity contribution in [3.8, 4) is 11.4 Å². The summed E-state index contributed by atoms with van der Waals surface area (Å²) in [6.07, 6.45) is 0. The summed E-state index contributed by atoms with van der Waals surface area (Å²) in [6.45, 7) is 0. The van der Waals surface area contributed by atoms with Crippen molar-refractivity contribution in [2.24, 2.45) is 0 Å². The second-order valence-electron chi connectivity index (χ2n) is 4.40. The molecular weight excluding hydrogens is 334 g/mol. The first-order valence-corrected chi connectivity index (χ1v) is 7.11. The molecule has 3 rings (SSSR count). The zero-order chi connectivity index (χ0) is 15.1. The van der Waals surface area contributed by atoms with Crippen LogP contribution in [0.5, 0.6) is 5.75 Å². The molecule has 1 heterocycles. The van der Waals surface area contributed by atoms with Crippen molar-refractivity contribution >= 4 is 46.5 Å².